The topological polar surface area (TPSA) is 41.5 Å². The van der Waals surface area contributed by atoms with Crippen molar-refractivity contribution in [1.82, 2.24) is 5.32 Å². The van der Waals surface area contributed by atoms with Gasteiger partial charge in [-0.3, -0.25) is 0 Å². The Bertz CT molecular complexity index is 466. The fourth-order valence-corrected chi connectivity index (χ4v) is 3.02. The number of rotatable bonds is 6. The molecule has 0 bridgehead atoms. The first-order valence-electron chi connectivity index (χ1n) is 7.77. The van der Waals surface area contributed by atoms with Crippen molar-refractivity contribution in [1.29, 1.82) is 0 Å². The van der Waals surface area contributed by atoms with E-state index in [1.807, 2.05) is 25.1 Å². The van der Waals surface area contributed by atoms with Gasteiger partial charge < -0.3 is 15.2 Å². The summed E-state index contributed by atoms with van der Waals surface area (Å²) in [6.45, 7) is 7.40. The summed E-state index contributed by atoms with van der Waals surface area (Å²) in [5, 5.41) is 14.2. The molecule has 1 fully saturated rings. The second-order valence-corrected chi connectivity index (χ2v) is 6.71. The Morgan fingerprint density at radius 3 is 2.76 bits per heavy atom. The number of hydrogen-bond acceptors (Lipinski definition) is 3. The molecule has 0 spiro atoms. The molecule has 0 aromatic heterocycles. The molecule has 0 amide bonds. The SMILES string of the molecule is Cc1cc(OCC(O)CNC2CCC(C)C2C)ccc1Cl. The molecule has 118 valence electrons. The number of benzene rings is 1. The maximum absolute atomic E-state index is 10.0. The van der Waals surface area contributed by atoms with Crippen molar-refractivity contribution in [2.45, 2.75) is 45.8 Å². The lowest BCUT2D eigenvalue weighted by atomic mass is 9.98. The van der Waals surface area contributed by atoms with Gasteiger partial charge >= 0.3 is 0 Å². The van der Waals surface area contributed by atoms with Gasteiger partial charge in [-0.05, 0) is 55.4 Å². The van der Waals surface area contributed by atoms with E-state index >= 15 is 0 Å². The van der Waals surface area contributed by atoms with E-state index in [0.29, 0.717) is 25.1 Å². The predicted molar refractivity (Wildman–Crippen MR) is 87.0 cm³/mol. The van der Waals surface area contributed by atoms with Crippen LogP contribution in [0.1, 0.15) is 32.3 Å². The van der Waals surface area contributed by atoms with Crippen LogP contribution in [0.5, 0.6) is 5.75 Å². The quantitative estimate of drug-likeness (QED) is 0.846. The highest BCUT2D eigenvalue weighted by Gasteiger charge is 2.29. The van der Waals surface area contributed by atoms with E-state index < -0.39 is 6.10 Å². The zero-order valence-electron chi connectivity index (χ0n) is 13.1. The minimum atomic E-state index is -0.496. The molecular formula is C17H26ClNO2. The second kappa shape index (κ2) is 7.48. The van der Waals surface area contributed by atoms with Gasteiger partial charge in [0, 0.05) is 17.6 Å². The van der Waals surface area contributed by atoms with E-state index in [4.69, 9.17) is 16.3 Å². The average molecular weight is 312 g/mol. The molecule has 0 radical (unpaired) electrons. The van der Waals surface area contributed by atoms with Crippen LogP contribution < -0.4 is 10.1 Å². The summed E-state index contributed by atoms with van der Waals surface area (Å²) < 4.78 is 5.62. The summed E-state index contributed by atoms with van der Waals surface area (Å²) >= 11 is 5.98. The van der Waals surface area contributed by atoms with Gasteiger partial charge in [-0.2, -0.15) is 0 Å². The molecule has 1 aliphatic rings. The first-order chi connectivity index (χ1) is 9.97. The number of nitrogens with one attached hydrogen (secondary N) is 1. The molecule has 0 heterocycles. The number of halogens is 1. The normalized spacial score (nSPS) is 26.8. The van der Waals surface area contributed by atoms with Gasteiger partial charge in [-0.25, -0.2) is 0 Å². The Balaban J connectivity index is 1.72. The predicted octanol–water partition coefficient (Wildman–Crippen LogP) is 3.41. The van der Waals surface area contributed by atoms with Crippen LogP contribution in [0.4, 0.5) is 0 Å². The zero-order valence-corrected chi connectivity index (χ0v) is 13.9. The van der Waals surface area contributed by atoms with Crippen LogP contribution in [0, 0.1) is 18.8 Å². The first kappa shape index (κ1) is 16.6. The van der Waals surface area contributed by atoms with Crippen LogP contribution in [-0.4, -0.2) is 30.4 Å². The van der Waals surface area contributed by atoms with Gasteiger partial charge in [0.2, 0.25) is 0 Å². The molecular weight excluding hydrogens is 286 g/mol. The Labute approximate surface area is 132 Å². The molecule has 4 heteroatoms. The van der Waals surface area contributed by atoms with Crippen molar-refractivity contribution in [2.24, 2.45) is 11.8 Å². The third-order valence-electron chi connectivity index (χ3n) is 4.65. The molecule has 3 nitrogen and oxygen atoms in total. The minimum Gasteiger partial charge on any atom is -0.491 e. The smallest absolute Gasteiger partial charge is 0.119 e. The van der Waals surface area contributed by atoms with Crippen molar-refractivity contribution in [3.63, 3.8) is 0 Å². The van der Waals surface area contributed by atoms with E-state index in [0.717, 1.165) is 22.3 Å². The molecule has 21 heavy (non-hydrogen) atoms. The standard InChI is InChI=1S/C17H26ClNO2/c1-11-4-7-17(13(11)3)19-9-14(20)10-21-15-5-6-16(18)12(2)8-15/h5-6,8,11,13-14,17,19-20H,4,7,9-10H2,1-3H3. The molecule has 0 aliphatic heterocycles. The summed E-state index contributed by atoms with van der Waals surface area (Å²) in [5.41, 5.74) is 0.982. The van der Waals surface area contributed by atoms with Crippen molar-refractivity contribution in [3.8, 4) is 5.75 Å². The minimum absolute atomic E-state index is 0.296. The molecule has 1 saturated carbocycles. The molecule has 2 N–H and O–H groups in total. The maximum Gasteiger partial charge on any atom is 0.119 e. The lowest BCUT2D eigenvalue weighted by Crippen LogP contribution is -2.39. The number of aliphatic hydroxyl groups is 1. The van der Waals surface area contributed by atoms with Crippen molar-refractivity contribution >= 4 is 11.6 Å². The first-order valence-corrected chi connectivity index (χ1v) is 8.15. The van der Waals surface area contributed by atoms with Gasteiger partial charge in [0.1, 0.15) is 18.5 Å². The van der Waals surface area contributed by atoms with Gasteiger partial charge in [0.15, 0.2) is 0 Å². The summed E-state index contributed by atoms with van der Waals surface area (Å²) in [7, 11) is 0. The Morgan fingerprint density at radius 2 is 2.14 bits per heavy atom. The number of aryl methyl sites for hydroxylation is 1. The number of ether oxygens (including phenoxy) is 1. The Hall–Kier alpha value is -0.770. The van der Waals surface area contributed by atoms with Crippen molar-refractivity contribution < 1.29 is 9.84 Å². The fraction of sp³-hybridized carbons (Fsp3) is 0.647. The lowest BCUT2D eigenvalue weighted by molar-refractivity contribution is 0.102. The third kappa shape index (κ3) is 4.60. The van der Waals surface area contributed by atoms with Crippen molar-refractivity contribution in [3.05, 3.63) is 28.8 Å². The summed E-state index contributed by atoms with van der Waals surface area (Å²) in [5.74, 6) is 2.20. The van der Waals surface area contributed by atoms with Gasteiger partial charge in [-0.15, -0.1) is 0 Å². The van der Waals surface area contributed by atoms with E-state index in [1.165, 1.54) is 12.8 Å². The molecule has 4 unspecified atom stereocenters. The molecule has 0 saturated heterocycles. The lowest BCUT2D eigenvalue weighted by Gasteiger charge is -2.21. The average Bonchev–Trinajstić information content (AvgIpc) is 2.78. The molecule has 4 atom stereocenters. The van der Waals surface area contributed by atoms with Crippen LogP contribution in [0.2, 0.25) is 5.02 Å². The van der Waals surface area contributed by atoms with Gasteiger partial charge in [-0.1, -0.05) is 25.4 Å². The summed E-state index contributed by atoms with van der Waals surface area (Å²) in [6.07, 6.45) is 1.98. The summed E-state index contributed by atoms with van der Waals surface area (Å²) in [6, 6.07) is 6.06. The molecule has 1 aliphatic carbocycles. The van der Waals surface area contributed by atoms with E-state index in [9.17, 15) is 5.11 Å². The Kier molecular flexibility index (Phi) is 5.91. The van der Waals surface area contributed by atoms with E-state index in [-0.39, 0.29) is 0 Å². The monoisotopic (exact) mass is 311 g/mol. The van der Waals surface area contributed by atoms with Gasteiger partial charge in [0.05, 0.1) is 0 Å². The zero-order chi connectivity index (χ0) is 15.4. The summed E-state index contributed by atoms with van der Waals surface area (Å²) in [4.78, 5) is 0. The highest BCUT2D eigenvalue weighted by Crippen LogP contribution is 2.31. The van der Waals surface area contributed by atoms with Crippen LogP contribution in [-0.2, 0) is 0 Å². The highest BCUT2D eigenvalue weighted by molar-refractivity contribution is 6.31. The number of hydrogen-bond donors (Lipinski definition) is 2. The van der Waals surface area contributed by atoms with Crippen LogP contribution in [0.25, 0.3) is 0 Å². The molecule has 1 aromatic rings. The molecule has 2 rings (SSSR count). The third-order valence-corrected chi connectivity index (χ3v) is 5.08. The maximum atomic E-state index is 10.0. The second-order valence-electron chi connectivity index (χ2n) is 6.30. The highest BCUT2D eigenvalue weighted by atomic mass is 35.5. The Morgan fingerprint density at radius 1 is 1.38 bits per heavy atom. The van der Waals surface area contributed by atoms with Crippen LogP contribution in [0.15, 0.2) is 18.2 Å². The number of aliphatic hydroxyl groups excluding tert-OH is 1. The molecule has 1 aromatic carbocycles. The fourth-order valence-electron chi connectivity index (χ4n) is 2.90. The van der Waals surface area contributed by atoms with Gasteiger partial charge in [0.25, 0.3) is 0 Å². The van der Waals surface area contributed by atoms with Crippen LogP contribution >= 0.6 is 11.6 Å². The van der Waals surface area contributed by atoms with E-state index in [2.05, 4.69) is 19.2 Å². The van der Waals surface area contributed by atoms with E-state index in [1.54, 1.807) is 0 Å². The largest absolute Gasteiger partial charge is 0.491 e. The van der Waals surface area contributed by atoms with Crippen molar-refractivity contribution in [2.75, 3.05) is 13.2 Å². The van der Waals surface area contributed by atoms with Crippen LogP contribution in [0.3, 0.4) is 0 Å².